The minimum Gasteiger partial charge on any atom is -0.391 e. The van der Waals surface area contributed by atoms with Crippen LogP contribution in [-0.4, -0.2) is 18.5 Å². The van der Waals surface area contributed by atoms with Crippen molar-refractivity contribution < 1.29 is 13.5 Å². The van der Waals surface area contributed by atoms with Gasteiger partial charge < -0.3 is 5.11 Å². The van der Waals surface area contributed by atoms with Crippen molar-refractivity contribution in [2.45, 2.75) is 25.0 Å². The smallest absolute Gasteiger partial charge is 0.241 e. The van der Waals surface area contributed by atoms with Crippen molar-refractivity contribution in [2.75, 3.05) is 0 Å². The molecule has 98 valence electrons. The maximum atomic E-state index is 11.9. The summed E-state index contributed by atoms with van der Waals surface area (Å²) in [6.45, 7) is 1.96. The van der Waals surface area contributed by atoms with E-state index in [2.05, 4.69) is 9.71 Å². The Labute approximate surface area is 113 Å². The van der Waals surface area contributed by atoms with Gasteiger partial charge in [0.1, 0.15) is 5.01 Å². The molecule has 5 nitrogen and oxygen atoms in total. The fourth-order valence-corrected chi connectivity index (χ4v) is 4.25. The molecule has 0 aliphatic rings. The molecule has 18 heavy (non-hydrogen) atoms. The van der Waals surface area contributed by atoms with Gasteiger partial charge in [-0.1, -0.05) is 0 Å². The van der Waals surface area contributed by atoms with Crippen LogP contribution in [0.2, 0.25) is 0 Å². The van der Waals surface area contributed by atoms with Gasteiger partial charge in [0.05, 0.1) is 18.0 Å². The summed E-state index contributed by atoms with van der Waals surface area (Å²) in [6, 6.07) is 1.47. The van der Waals surface area contributed by atoms with Crippen molar-refractivity contribution >= 4 is 32.7 Å². The van der Waals surface area contributed by atoms with Crippen LogP contribution in [0.25, 0.3) is 0 Å². The van der Waals surface area contributed by atoms with Crippen LogP contribution in [0, 0.1) is 6.92 Å². The van der Waals surface area contributed by atoms with Gasteiger partial charge >= 0.3 is 0 Å². The molecule has 2 aromatic heterocycles. The number of sulfonamides is 1. The molecule has 8 heteroatoms. The van der Waals surface area contributed by atoms with Gasteiger partial charge in [-0.05, 0) is 13.0 Å². The Balaban J connectivity index is 2.07. The molecular formula is C10H12N2O3S3. The van der Waals surface area contributed by atoms with Crippen molar-refractivity contribution in [3.63, 3.8) is 0 Å². The molecule has 0 fully saturated rings. The largest absolute Gasteiger partial charge is 0.391 e. The lowest BCUT2D eigenvalue weighted by molar-refractivity contribution is 0.285. The number of nitrogens with zero attached hydrogens (tertiary/aromatic N) is 1. The number of aliphatic hydroxyl groups is 1. The number of hydrogen-bond donors (Lipinski definition) is 2. The van der Waals surface area contributed by atoms with E-state index >= 15 is 0 Å². The van der Waals surface area contributed by atoms with Gasteiger partial charge in [0.2, 0.25) is 10.0 Å². The average Bonchev–Trinajstić information content (AvgIpc) is 2.95. The summed E-state index contributed by atoms with van der Waals surface area (Å²) in [5, 5.41) is 11.2. The molecule has 0 atom stereocenters. The van der Waals surface area contributed by atoms with E-state index in [0.717, 1.165) is 9.88 Å². The quantitative estimate of drug-likeness (QED) is 0.877. The maximum Gasteiger partial charge on any atom is 0.241 e. The summed E-state index contributed by atoms with van der Waals surface area (Å²) in [5.74, 6) is 0. The number of hydrogen-bond acceptors (Lipinski definition) is 6. The highest BCUT2D eigenvalue weighted by Gasteiger charge is 2.16. The highest BCUT2D eigenvalue weighted by molar-refractivity contribution is 7.89. The highest BCUT2D eigenvalue weighted by Crippen LogP contribution is 2.19. The molecule has 0 radical (unpaired) electrons. The summed E-state index contributed by atoms with van der Waals surface area (Å²) < 4.78 is 26.4. The first-order chi connectivity index (χ1) is 8.51. The van der Waals surface area contributed by atoms with E-state index in [1.54, 1.807) is 6.20 Å². The molecular weight excluding hydrogens is 292 g/mol. The number of rotatable bonds is 5. The zero-order chi connectivity index (χ0) is 13.2. The van der Waals surface area contributed by atoms with Gasteiger partial charge in [-0.25, -0.2) is 18.1 Å². The predicted octanol–water partition coefficient (Wildman–Crippen LogP) is 1.48. The van der Waals surface area contributed by atoms with Gasteiger partial charge in [0, 0.05) is 21.3 Å². The zero-order valence-corrected chi connectivity index (χ0v) is 12.0. The summed E-state index contributed by atoms with van der Waals surface area (Å²) in [5.41, 5.74) is 0. The Hall–Kier alpha value is -0.800. The van der Waals surface area contributed by atoms with E-state index < -0.39 is 10.0 Å². The summed E-state index contributed by atoms with van der Waals surface area (Å²) in [7, 11) is -3.52. The third kappa shape index (κ3) is 3.15. The highest BCUT2D eigenvalue weighted by atomic mass is 32.2. The topological polar surface area (TPSA) is 79.3 Å². The lowest BCUT2D eigenvalue weighted by atomic mass is 10.5. The van der Waals surface area contributed by atoms with Crippen LogP contribution >= 0.6 is 22.7 Å². The number of aliphatic hydroxyl groups excluding tert-OH is 1. The SMILES string of the molecule is Cc1cnc(CNS(=O)(=O)c2csc(CO)c2)s1. The molecule has 0 aromatic carbocycles. The van der Waals surface area contributed by atoms with E-state index in [0.29, 0.717) is 4.88 Å². The molecule has 0 spiro atoms. The van der Waals surface area contributed by atoms with Crippen molar-refractivity contribution in [3.8, 4) is 0 Å². The molecule has 0 saturated carbocycles. The monoisotopic (exact) mass is 304 g/mol. The normalized spacial score (nSPS) is 11.9. The van der Waals surface area contributed by atoms with Crippen LogP contribution in [0.4, 0.5) is 0 Å². The maximum absolute atomic E-state index is 11.9. The molecule has 0 unspecified atom stereocenters. The van der Waals surface area contributed by atoms with Crippen molar-refractivity contribution in [1.29, 1.82) is 0 Å². The first kappa shape index (κ1) is 13.6. The number of aromatic nitrogens is 1. The zero-order valence-electron chi connectivity index (χ0n) is 9.58. The van der Waals surface area contributed by atoms with Gasteiger partial charge in [-0.3, -0.25) is 0 Å². The number of thiazole rings is 1. The van der Waals surface area contributed by atoms with Crippen molar-refractivity contribution in [1.82, 2.24) is 9.71 Å². The fourth-order valence-electron chi connectivity index (χ4n) is 1.31. The van der Waals surface area contributed by atoms with Crippen LogP contribution in [0.5, 0.6) is 0 Å². The average molecular weight is 304 g/mol. The number of aryl methyl sites for hydroxylation is 1. The third-order valence-corrected chi connectivity index (χ3v) is 5.54. The van der Waals surface area contributed by atoms with Crippen LogP contribution < -0.4 is 4.72 Å². The van der Waals surface area contributed by atoms with Crippen LogP contribution in [0.3, 0.4) is 0 Å². The Kier molecular flexibility index (Phi) is 4.13. The van der Waals surface area contributed by atoms with Crippen LogP contribution in [0.15, 0.2) is 22.5 Å². The minimum absolute atomic E-state index is 0.147. The second-order valence-corrected chi connectivity index (χ2v) is 7.68. The van der Waals surface area contributed by atoms with E-state index in [9.17, 15) is 8.42 Å². The lowest BCUT2D eigenvalue weighted by Crippen LogP contribution is -2.22. The molecule has 2 aromatic rings. The van der Waals surface area contributed by atoms with Crippen molar-refractivity contribution in [2.24, 2.45) is 0 Å². The molecule has 2 N–H and O–H groups in total. The molecule has 0 amide bonds. The Morgan fingerprint density at radius 1 is 1.50 bits per heavy atom. The molecule has 0 bridgehead atoms. The second-order valence-electron chi connectivity index (χ2n) is 3.60. The van der Waals surface area contributed by atoms with E-state index in [1.807, 2.05) is 6.92 Å². The Morgan fingerprint density at radius 3 is 2.83 bits per heavy atom. The predicted molar refractivity (Wildman–Crippen MR) is 71.1 cm³/mol. The molecule has 0 aliphatic carbocycles. The minimum atomic E-state index is -3.52. The second kappa shape index (κ2) is 5.45. The summed E-state index contributed by atoms with van der Waals surface area (Å²) >= 11 is 2.68. The molecule has 2 heterocycles. The van der Waals surface area contributed by atoms with Crippen LogP contribution in [-0.2, 0) is 23.2 Å². The number of thiophene rings is 1. The third-order valence-electron chi connectivity index (χ3n) is 2.18. The van der Waals surface area contributed by atoms with Gasteiger partial charge in [-0.2, -0.15) is 0 Å². The van der Waals surface area contributed by atoms with E-state index in [1.165, 1.54) is 34.1 Å². The van der Waals surface area contributed by atoms with Crippen LogP contribution in [0.1, 0.15) is 14.8 Å². The lowest BCUT2D eigenvalue weighted by Gasteiger charge is -2.02. The van der Waals surface area contributed by atoms with E-state index in [-0.39, 0.29) is 18.0 Å². The standard InChI is InChI=1S/C10H12N2O3S3/c1-7-3-11-10(17-7)4-12-18(14,15)9-2-8(5-13)16-6-9/h2-3,6,12-13H,4-5H2,1H3. The van der Waals surface area contributed by atoms with Crippen molar-refractivity contribution in [3.05, 3.63) is 32.4 Å². The fraction of sp³-hybridized carbons (Fsp3) is 0.300. The summed E-state index contributed by atoms with van der Waals surface area (Å²) in [6.07, 6.45) is 1.71. The van der Waals surface area contributed by atoms with Gasteiger partial charge in [-0.15, -0.1) is 22.7 Å². The summed E-state index contributed by atoms with van der Waals surface area (Å²) in [4.78, 5) is 5.94. The molecule has 0 saturated heterocycles. The molecule has 2 rings (SSSR count). The van der Waals surface area contributed by atoms with Gasteiger partial charge in [0.25, 0.3) is 0 Å². The van der Waals surface area contributed by atoms with E-state index in [4.69, 9.17) is 5.11 Å². The van der Waals surface area contributed by atoms with Gasteiger partial charge in [0.15, 0.2) is 0 Å². The Morgan fingerprint density at radius 2 is 2.28 bits per heavy atom. The first-order valence-corrected chi connectivity index (χ1v) is 8.28. The number of nitrogens with one attached hydrogen (secondary N) is 1. The molecule has 0 aliphatic heterocycles. The first-order valence-electron chi connectivity index (χ1n) is 5.10. The Bertz CT molecular complexity index is 630.